The first-order valence-electron chi connectivity index (χ1n) is 10.4. The minimum absolute atomic E-state index is 0.00901. The highest BCUT2D eigenvalue weighted by molar-refractivity contribution is 7.92. The Hall–Kier alpha value is -2.92. The van der Waals surface area contributed by atoms with Crippen molar-refractivity contribution in [2.45, 2.75) is 32.7 Å². The Morgan fingerprint density at radius 3 is 2.61 bits per heavy atom. The van der Waals surface area contributed by atoms with Crippen molar-refractivity contribution in [3.63, 3.8) is 0 Å². The molecule has 1 atom stereocenters. The largest absolute Gasteiger partial charge is 0.465 e. The molecule has 2 aliphatic rings. The van der Waals surface area contributed by atoms with Gasteiger partial charge in [0.15, 0.2) is 22.6 Å². The summed E-state index contributed by atoms with van der Waals surface area (Å²) in [5.74, 6) is -0.849. The molecule has 1 aromatic heterocycles. The highest BCUT2D eigenvalue weighted by Crippen LogP contribution is 2.40. The second kappa shape index (κ2) is 8.45. The Morgan fingerprint density at radius 1 is 1.27 bits per heavy atom. The van der Waals surface area contributed by atoms with Crippen molar-refractivity contribution in [1.82, 2.24) is 14.8 Å². The molecule has 0 aliphatic carbocycles. The number of carbonyl (C=O) groups is 1. The number of rotatable bonds is 2. The molecule has 0 spiro atoms. The molecule has 1 saturated heterocycles. The first-order valence-corrected chi connectivity index (χ1v) is 12.1. The van der Waals surface area contributed by atoms with Crippen molar-refractivity contribution in [3.8, 4) is 0 Å². The lowest BCUT2D eigenvalue weighted by molar-refractivity contribution is 0.106. The zero-order chi connectivity index (χ0) is 24.1. The van der Waals surface area contributed by atoms with Crippen LogP contribution in [0.3, 0.4) is 0 Å². The number of carboxylic acid groups (broad SMARTS) is 1. The molecule has 1 N–H and O–H groups in total. The predicted molar refractivity (Wildman–Crippen MR) is 123 cm³/mol. The molecular formula is C21H23ClFN5O4S. The molecule has 4 rings (SSSR count). The lowest BCUT2D eigenvalue weighted by Crippen LogP contribution is -2.56. The Kier molecular flexibility index (Phi) is 5.95. The van der Waals surface area contributed by atoms with Crippen molar-refractivity contribution in [3.05, 3.63) is 52.4 Å². The molecule has 33 heavy (non-hydrogen) atoms. The number of amidine groups is 1. The maximum absolute atomic E-state index is 14.5. The average molecular weight is 496 g/mol. The summed E-state index contributed by atoms with van der Waals surface area (Å²) in [4.78, 5) is 18.4. The molecule has 3 heterocycles. The van der Waals surface area contributed by atoms with E-state index >= 15 is 0 Å². The molecule has 1 amide bonds. The van der Waals surface area contributed by atoms with Gasteiger partial charge >= 0.3 is 16.3 Å². The van der Waals surface area contributed by atoms with Crippen LogP contribution >= 0.6 is 11.6 Å². The summed E-state index contributed by atoms with van der Waals surface area (Å²) in [6.07, 6.45) is -1.06. The smallest absolute Gasteiger partial charge is 0.407 e. The lowest BCUT2D eigenvalue weighted by atomic mass is 10.0. The molecule has 0 bridgehead atoms. The maximum Gasteiger partial charge on any atom is 0.407 e. The van der Waals surface area contributed by atoms with Crippen LogP contribution in [0.15, 0.2) is 34.7 Å². The molecule has 0 unspecified atom stereocenters. The Balaban J connectivity index is 1.90. The van der Waals surface area contributed by atoms with E-state index in [1.807, 2.05) is 19.9 Å². The van der Waals surface area contributed by atoms with Crippen molar-refractivity contribution in [1.29, 1.82) is 0 Å². The van der Waals surface area contributed by atoms with E-state index in [2.05, 4.69) is 9.38 Å². The van der Waals surface area contributed by atoms with E-state index in [1.54, 1.807) is 30.0 Å². The molecule has 1 fully saturated rings. The van der Waals surface area contributed by atoms with Crippen LogP contribution in [-0.4, -0.2) is 65.9 Å². The van der Waals surface area contributed by atoms with Gasteiger partial charge in [-0.25, -0.2) is 18.5 Å². The second-order valence-corrected chi connectivity index (χ2v) is 10.1. The van der Waals surface area contributed by atoms with Gasteiger partial charge in [0.25, 0.3) is 0 Å². The minimum atomic E-state index is -4.32. The van der Waals surface area contributed by atoms with Crippen molar-refractivity contribution < 1.29 is 22.7 Å². The highest BCUT2D eigenvalue weighted by Gasteiger charge is 2.40. The molecule has 0 saturated carbocycles. The SMILES string of the molecule is CC(C)c1ccccc1N1c2nc(Cl)c(F)cc2C(N2CCN(C(=O)O)C[C@@H]2C)=NS1(=O)=O. The Labute approximate surface area is 196 Å². The van der Waals surface area contributed by atoms with Gasteiger partial charge < -0.3 is 14.9 Å². The molecule has 2 aliphatic heterocycles. The van der Waals surface area contributed by atoms with Gasteiger partial charge in [-0.05, 0) is 30.5 Å². The molecule has 176 valence electrons. The third kappa shape index (κ3) is 4.10. The summed E-state index contributed by atoms with van der Waals surface area (Å²) >= 11 is 5.98. The van der Waals surface area contributed by atoms with Crippen LogP contribution in [0.25, 0.3) is 0 Å². The number of para-hydroxylation sites is 1. The van der Waals surface area contributed by atoms with Crippen LogP contribution < -0.4 is 4.31 Å². The predicted octanol–water partition coefficient (Wildman–Crippen LogP) is 3.82. The van der Waals surface area contributed by atoms with Gasteiger partial charge in [0.1, 0.15) is 0 Å². The summed E-state index contributed by atoms with van der Waals surface area (Å²) in [5, 5.41) is 8.83. The van der Waals surface area contributed by atoms with Crippen LogP contribution in [0.1, 0.15) is 37.8 Å². The number of benzene rings is 1. The van der Waals surface area contributed by atoms with E-state index in [0.717, 1.165) is 15.9 Å². The quantitative estimate of drug-likeness (QED) is 0.635. The molecule has 1 aromatic carbocycles. The second-order valence-electron chi connectivity index (χ2n) is 8.27. The molecule has 0 radical (unpaired) electrons. The van der Waals surface area contributed by atoms with Gasteiger partial charge in [0.2, 0.25) is 0 Å². The van der Waals surface area contributed by atoms with Crippen molar-refractivity contribution in [2.75, 3.05) is 23.9 Å². The summed E-state index contributed by atoms with van der Waals surface area (Å²) < 4.78 is 46.5. The van der Waals surface area contributed by atoms with Crippen LogP contribution in [0, 0.1) is 5.82 Å². The van der Waals surface area contributed by atoms with E-state index in [0.29, 0.717) is 5.69 Å². The molecular weight excluding hydrogens is 473 g/mol. The molecule has 12 heteroatoms. The van der Waals surface area contributed by atoms with Gasteiger partial charge in [-0.2, -0.15) is 8.42 Å². The van der Waals surface area contributed by atoms with E-state index in [9.17, 15) is 22.7 Å². The number of piperazine rings is 1. The summed E-state index contributed by atoms with van der Waals surface area (Å²) in [6.45, 7) is 6.10. The summed E-state index contributed by atoms with van der Waals surface area (Å²) in [6, 6.07) is 7.69. The van der Waals surface area contributed by atoms with Gasteiger partial charge in [-0.1, -0.05) is 43.6 Å². The first-order chi connectivity index (χ1) is 15.5. The van der Waals surface area contributed by atoms with E-state index in [4.69, 9.17) is 11.6 Å². The van der Waals surface area contributed by atoms with Gasteiger partial charge in [-0.15, -0.1) is 4.40 Å². The third-order valence-corrected chi connectivity index (χ3v) is 7.23. The number of pyridine rings is 1. The summed E-state index contributed by atoms with van der Waals surface area (Å²) in [7, 11) is -4.32. The Bertz CT molecular complexity index is 1250. The lowest BCUT2D eigenvalue weighted by Gasteiger charge is -2.42. The van der Waals surface area contributed by atoms with Crippen LogP contribution in [-0.2, 0) is 10.2 Å². The van der Waals surface area contributed by atoms with Crippen molar-refractivity contribution in [2.24, 2.45) is 4.40 Å². The number of anilines is 2. The average Bonchev–Trinajstić information content (AvgIpc) is 2.74. The number of hydrogen-bond donors (Lipinski definition) is 1. The number of halogens is 2. The zero-order valence-electron chi connectivity index (χ0n) is 18.2. The first kappa shape index (κ1) is 23.2. The topological polar surface area (TPSA) is 106 Å². The van der Waals surface area contributed by atoms with Gasteiger partial charge in [0.05, 0.1) is 11.3 Å². The molecule has 2 aromatic rings. The fraction of sp³-hybridized carbons (Fsp3) is 0.381. The van der Waals surface area contributed by atoms with Crippen LogP contribution in [0.4, 0.5) is 20.7 Å². The number of nitrogens with zero attached hydrogens (tertiary/aromatic N) is 5. The van der Waals surface area contributed by atoms with E-state index < -0.39 is 33.3 Å². The fourth-order valence-corrected chi connectivity index (χ4v) is 5.55. The Morgan fingerprint density at radius 2 is 1.97 bits per heavy atom. The van der Waals surface area contributed by atoms with Gasteiger partial charge in [-0.3, -0.25) is 0 Å². The van der Waals surface area contributed by atoms with Crippen molar-refractivity contribution >= 4 is 45.2 Å². The van der Waals surface area contributed by atoms with E-state index in [1.165, 1.54) is 4.90 Å². The number of hydrogen-bond acceptors (Lipinski definition) is 5. The van der Waals surface area contributed by atoms with Gasteiger partial charge in [0, 0.05) is 25.7 Å². The standard InChI is InChI=1S/C21H23ClFN5O4S/c1-12(2)14-6-4-5-7-17(14)28-19-15(10-16(23)18(22)24-19)20(25-33(28,31)32)27-9-8-26(21(29)30)11-13(27)3/h4-7,10,12-13H,8-9,11H2,1-3H3,(H,29,30)/t13-/m0/s1. The number of fused-ring (bicyclic) bond motifs is 1. The number of amides is 1. The van der Waals surface area contributed by atoms with E-state index in [-0.39, 0.29) is 42.8 Å². The summed E-state index contributed by atoms with van der Waals surface area (Å²) in [5.41, 5.74) is 1.27. The molecule has 9 nitrogen and oxygen atoms in total. The highest BCUT2D eigenvalue weighted by atomic mass is 35.5. The maximum atomic E-state index is 14.5. The van der Waals surface area contributed by atoms with Crippen LogP contribution in [0.2, 0.25) is 5.15 Å². The normalized spacial score (nSPS) is 20.0. The fourth-order valence-electron chi connectivity index (χ4n) is 4.14. The number of aromatic nitrogens is 1. The minimum Gasteiger partial charge on any atom is -0.465 e. The third-order valence-electron chi connectivity index (χ3n) is 5.73. The monoisotopic (exact) mass is 495 g/mol. The zero-order valence-corrected chi connectivity index (χ0v) is 19.8. The van der Waals surface area contributed by atoms with Crippen LogP contribution in [0.5, 0.6) is 0 Å².